The van der Waals surface area contributed by atoms with Crippen molar-refractivity contribution in [3.8, 4) is 0 Å². The van der Waals surface area contributed by atoms with Crippen molar-refractivity contribution in [1.82, 2.24) is 20.0 Å². The molecule has 0 spiro atoms. The van der Waals surface area contributed by atoms with Crippen molar-refractivity contribution >= 4 is 29.7 Å². The predicted molar refractivity (Wildman–Crippen MR) is 72.9 cm³/mol. The first kappa shape index (κ1) is 14.1. The number of aromatic nitrogens is 2. The standard InChI is InChI=1S/C10H16N4OS2/c1-11-10(15)14-17-6-2-5-16-8-9-7-12-3-4-13-9/h3-4,7H,2,5-6,8H2,1H3,(H2,11,14,15). The molecular formula is C10H16N4OS2. The lowest BCUT2D eigenvalue weighted by molar-refractivity contribution is 0.248. The molecule has 0 atom stereocenters. The predicted octanol–water partition coefficient (Wildman–Crippen LogP) is 1.68. The summed E-state index contributed by atoms with van der Waals surface area (Å²) in [7, 11) is 1.60. The maximum Gasteiger partial charge on any atom is 0.324 e. The molecule has 0 radical (unpaired) electrons. The molecule has 7 heteroatoms. The monoisotopic (exact) mass is 272 g/mol. The van der Waals surface area contributed by atoms with Crippen LogP contribution < -0.4 is 10.0 Å². The van der Waals surface area contributed by atoms with Crippen LogP contribution in [-0.4, -0.2) is 34.6 Å². The zero-order chi connectivity index (χ0) is 12.3. The summed E-state index contributed by atoms with van der Waals surface area (Å²) in [6, 6.07) is -0.151. The Morgan fingerprint density at radius 3 is 3.00 bits per heavy atom. The fraction of sp³-hybridized carbons (Fsp3) is 0.500. The van der Waals surface area contributed by atoms with Gasteiger partial charge in [0.15, 0.2) is 0 Å². The van der Waals surface area contributed by atoms with Gasteiger partial charge in [0.1, 0.15) is 0 Å². The molecule has 0 aliphatic rings. The summed E-state index contributed by atoms with van der Waals surface area (Å²) in [5.41, 5.74) is 1.01. The van der Waals surface area contributed by atoms with E-state index in [1.54, 1.807) is 25.6 Å². The van der Waals surface area contributed by atoms with Gasteiger partial charge in [-0.1, -0.05) is 0 Å². The number of rotatable bonds is 7. The first-order valence-electron chi connectivity index (χ1n) is 5.25. The third-order valence-corrected chi connectivity index (χ3v) is 3.69. The second kappa shape index (κ2) is 9.12. The van der Waals surface area contributed by atoms with Crippen LogP contribution in [0.25, 0.3) is 0 Å². The molecule has 0 unspecified atom stereocenters. The average molecular weight is 272 g/mol. The number of hydrogen-bond donors (Lipinski definition) is 2. The van der Waals surface area contributed by atoms with Gasteiger partial charge in [0, 0.05) is 37.1 Å². The zero-order valence-electron chi connectivity index (χ0n) is 9.68. The van der Waals surface area contributed by atoms with Gasteiger partial charge in [-0.15, -0.1) is 0 Å². The Morgan fingerprint density at radius 2 is 2.29 bits per heavy atom. The van der Waals surface area contributed by atoms with E-state index >= 15 is 0 Å². The largest absolute Gasteiger partial charge is 0.341 e. The minimum atomic E-state index is -0.151. The van der Waals surface area contributed by atoms with Crippen molar-refractivity contribution in [1.29, 1.82) is 0 Å². The molecule has 94 valence electrons. The fourth-order valence-electron chi connectivity index (χ4n) is 0.982. The number of hydrogen-bond acceptors (Lipinski definition) is 5. The van der Waals surface area contributed by atoms with Gasteiger partial charge >= 0.3 is 6.03 Å². The molecule has 2 amide bonds. The Labute approximate surface area is 110 Å². The van der Waals surface area contributed by atoms with Crippen LogP contribution in [0.1, 0.15) is 12.1 Å². The van der Waals surface area contributed by atoms with Crippen LogP contribution in [0.3, 0.4) is 0 Å². The van der Waals surface area contributed by atoms with Crippen LogP contribution in [0.15, 0.2) is 18.6 Å². The van der Waals surface area contributed by atoms with E-state index in [2.05, 4.69) is 20.0 Å². The van der Waals surface area contributed by atoms with Crippen molar-refractivity contribution in [2.24, 2.45) is 0 Å². The molecule has 1 aromatic rings. The minimum Gasteiger partial charge on any atom is -0.341 e. The van der Waals surface area contributed by atoms with Gasteiger partial charge < -0.3 is 5.32 Å². The van der Waals surface area contributed by atoms with Gasteiger partial charge in [0.25, 0.3) is 0 Å². The summed E-state index contributed by atoms with van der Waals surface area (Å²) in [6.07, 6.45) is 6.22. The Bertz CT molecular complexity index is 323. The lowest BCUT2D eigenvalue weighted by atomic mass is 10.5. The molecule has 2 N–H and O–H groups in total. The van der Waals surface area contributed by atoms with Crippen LogP contribution >= 0.6 is 23.7 Å². The van der Waals surface area contributed by atoms with E-state index in [4.69, 9.17) is 0 Å². The smallest absolute Gasteiger partial charge is 0.324 e. The normalized spacial score (nSPS) is 9.94. The molecular weight excluding hydrogens is 256 g/mol. The van der Waals surface area contributed by atoms with Crippen LogP contribution in [0.5, 0.6) is 0 Å². The van der Waals surface area contributed by atoms with Gasteiger partial charge in [-0.25, -0.2) is 4.79 Å². The van der Waals surface area contributed by atoms with E-state index in [1.807, 2.05) is 11.8 Å². The Balaban J connectivity index is 1.93. The molecule has 0 aliphatic carbocycles. The number of urea groups is 1. The number of thioether (sulfide) groups is 1. The topological polar surface area (TPSA) is 66.9 Å². The minimum absolute atomic E-state index is 0.151. The van der Waals surface area contributed by atoms with Crippen LogP contribution in [-0.2, 0) is 5.75 Å². The second-order valence-electron chi connectivity index (χ2n) is 3.13. The molecule has 0 aliphatic heterocycles. The third kappa shape index (κ3) is 7.06. The van der Waals surface area contributed by atoms with E-state index in [-0.39, 0.29) is 6.03 Å². The van der Waals surface area contributed by atoms with E-state index in [1.165, 1.54) is 11.9 Å². The molecule has 1 rings (SSSR count). The molecule has 1 heterocycles. The summed E-state index contributed by atoms with van der Waals surface area (Å²) in [5, 5.41) is 2.50. The molecule has 0 fully saturated rings. The summed E-state index contributed by atoms with van der Waals surface area (Å²) >= 11 is 3.26. The lowest BCUT2D eigenvalue weighted by Gasteiger charge is -2.03. The highest BCUT2D eigenvalue weighted by Crippen LogP contribution is 2.11. The molecule has 17 heavy (non-hydrogen) atoms. The summed E-state index contributed by atoms with van der Waals surface area (Å²) in [6.45, 7) is 0. The number of nitrogens with zero attached hydrogens (tertiary/aromatic N) is 2. The number of carbonyl (C=O) groups is 1. The maximum atomic E-state index is 10.8. The van der Waals surface area contributed by atoms with Crippen LogP contribution in [0.4, 0.5) is 4.79 Å². The third-order valence-electron chi connectivity index (χ3n) is 1.79. The van der Waals surface area contributed by atoms with E-state index in [0.29, 0.717) is 0 Å². The summed E-state index contributed by atoms with van der Waals surface area (Å²) in [5.74, 6) is 2.86. The average Bonchev–Trinajstić information content (AvgIpc) is 2.38. The van der Waals surface area contributed by atoms with Crippen molar-refractivity contribution < 1.29 is 4.79 Å². The molecule has 0 aromatic carbocycles. The van der Waals surface area contributed by atoms with E-state index < -0.39 is 0 Å². The van der Waals surface area contributed by atoms with Gasteiger partial charge in [-0.2, -0.15) is 11.8 Å². The zero-order valence-corrected chi connectivity index (χ0v) is 11.3. The van der Waals surface area contributed by atoms with Crippen molar-refractivity contribution in [2.45, 2.75) is 12.2 Å². The molecule has 1 aromatic heterocycles. The highest BCUT2D eigenvalue weighted by atomic mass is 32.2. The number of carbonyl (C=O) groups excluding carboxylic acids is 1. The highest BCUT2D eigenvalue weighted by molar-refractivity contribution is 7.99. The molecule has 0 saturated heterocycles. The van der Waals surface area contributed by atoms with Gasteiger partial charge in [-0.3, -0.25) is 14.7 Å². The van der Waals surface area contributed by atoms with Crippen LogP contribution in [0.2, 0.25) is 0 Å². The Kier molecular flexibility index (Phi) is 7.57. The lowest BCUT2D eigenvalue weighted by Crippen LogP contribution is -2.27. The van der Waals surface area contributed by atoms with Crippen molar-refractivity contribution in [2.75, 3.05) is 18.6 Å². The molecule has 0 saturated carbocycles. The summed E-state index contributed by atoms with van der Waals surface area (Å²) < 4.78 is 2.68. The van der Waals surface area contributed by atoms with Crippen LogP contribution in [0, 0.1) is 0 Å². The van der Waals surface area contributed by atoms with Gasteiger partial charge in [0.2, 0.25) is 0 Å². The maximum absolute atomic E-state index is 10.8. The quantitative estimate of drug-likeness (QED) is 0.584. The first-order chi connectivity index (χ1) is 8.33. The van der Waals surface area contributed by atoms with E-state index in [0.717, 1.165) is 29.4 Å². The molecule has 0 bridgehead atoms. The Morgan fingerprint density at radius 1 is 1.41 bits per heavy atom. The number of nitrogens with one attached hydrogen (secondary N) is 2. The van der Waals surface area contributed by atoms with Gasteiger partial charge in [-0.05, 0) is 24.1 Å². The number of amides is 2. The SMILES string of the molecule is CNC(=O)NSCCCSCc1cnccn1. The fourth-order valence-corrected chi connectivity index (χ4v) is 2.64. The van der Waals surface area contributed by atoms with Crippen molar-refractivity contribution in [3.63, 3.8) is 0 Å². The van der Waals surface area contributed by atoms with Gasteiger partial charge in [0.05, 0.1) is 5.69 Å². The Hall–Kier alpha value is -0.950. The first-order valence-corrected chi connectivity index (χ1v) is 7.39. The van der Waals surface area contributed by atoms with Crippen molar-refractivity contribution in [3.05, 3.63) is 24.3 Å². The van der Waals surface area contributed by atoms with E-state index in [9.17, 15) is 4.79 Å². The second-order valence-corrected chi connectivity index (χ2v) is 5.14. The molecule has 5 nitrogen and oxygen atoms in total. The summed E-state index contributed by atoms with van der Waals surface area (Å²) in [4.78, 5) is 19.0. The highest BCUT2D eigenvalue weighted by Gasteiger charge is 1.97.